The van der Waals surface area contributed by atoms with Gasteiger partial charge in [0.2, 0.25) is 0 Å². The quantitative estimate of drug-likeness (QED) is 0.381. The number of halogens is 3. The highest BCUT2D eigenvalue weighted by Gasteiger charge is 2.66. The average Bonchev–Trinajstić information content (AvgIpc) is 3.08. The lowest BCUT2D eigenvalue weighted by molar-refractivity contribution is -0.138. The van der Waals surface area contributed by atoms with Crippen LogP contribution in [0.15, 0.2) is 91.0 Å². The van der Waals surface area contributed by atoms with Crippen LogP contribution in [0.2, 0.25) is 10.0 Å². The van der Waals surface area contributed by atoms with Gasteiger partial charge in [-0.2, -0.15) is 5.01 Å². The van der Waals surface area contributed by atoms with Gasteiger partial charge in [-0.25, -0.2) is 4.39 Å². The lowest BCUT2D eigenvalue weighted by Gasteiger charge is -2.43. The number of anilines is 1. The van der Waals surface area contributed by atoms with Crippen LogP contribution in [0.1, 0.15) is 23.5 Å². The smallest absolute Gasteiger partial charge is 0.260 e. The van der Waals surface area contributed by atoms with Crippen molar-refractivity contribution < 1.29 is 19.1 Å². The Labute approximate surface area is 217 Å². The molecule has 0 bridgehead atoms. The number of hydrogen-bond acceptors (Lipinski definition) is 4. The number of fused-ring (bicyclic) bond motifs is 1. The van der Waals surface area contributed by atoms with Crippen LogP contribution in [0.3, 0.4) is 0 Å². The van der Waals surface area contributed by atoms with Crippen LogP contribution in [-0.2, 0) is 15.0 Å². The summed E-state index contributed by atoms with van der Waals surface area (Å²) in [7, 11) is 0. The summed E-state index contributed by atoms with van der Waals surface area (Å²) >= 11 is 12.8. The van der Waals surface area contributed by atoms with Crippen LogP contribution >= 0.6 is 23.2 Å². The molecule has 0 aromatic heterocycles. The molecule has 1 fully saturated rings. The lowest BCUT2D eigenvalue weighted by Crippen LogP contribution is -2.48. The van der Waals surface area contributed by atoms with Gasteiger partial charge in [0.25, 0.3) is 11.8 Å². The van der Waals surface area contributed by atoms with Crippen molar-refractivity contribution in [1.82, 2.24) is 5.01 Å². The Hall–Kier alpha value is -3.61. The monoisotopic (exact) mass is 522 g/mol. The molecule has 2 aliphatic rings. The number of rotatable bonds is 5. The van der Waals surface area contributed by atoms with E-state index in [1.54, 1.807) is 36.4 Å². The van der Waals surface area contributed by atoms with Crippen molar-refractivity contribution in [1.29, 1.82) is 0 Å². The molecule has 0 unspecified atom stereocenters. The van der Waals surface area contributed by atoms with Crippen molar-refractivity contribution in [2.75, 3.05) is 5.43 Å². The molecule has 3 aromatic carbocycles. The minimum absolute atomic E-state index is 0.0192. The molecule has 2 N–H and O–H groups in total. The summed E-state index contributed by atoms with van der Waals surface area (Å²) in [5.41, 5.74) is 3.79. The molecule has 8 heteroatoms. The summed E-state index contributed by atoms with van der Waals surface area (Å²) in [6.45, 7) is 3.96. The third-order valence-corrected chi connectivity index (χ3v) is 7.52. The number of phenolic OH excluding ortho intramolecular Hbond substituents is 1. The van der Waals surface area contributed by atoms with Gasteiger partial charge in [-0.15, -0.1) is 0 Å². The first-order chi connectivity index (χ1) is 17.3. The number of nitrogens with one attached hydrogen (secondary N) is 1. The summed E-state index contributed by atoms with van der Waals surface area (Å²) in [5.74, 6) is -2.80. The molecule has 5 nitrogen and oxygen atoms in total. The van der Waals surface area contributed by atoms with Crippen LogP contribution in [0, 0.1) is 11.7 Å². The van der Waals surface area contributed by atoms with Gasteiger partial charge < -0.3 is 5.11 Å². The number of aromatic hydroxyl groups is 1. The second-order valence-electron chi connectivity index (χ2n) is 8.81. The molecule has 3 aromatic rings. The first-order valence-corrected chi connectivity index (χ1v) is 12.0. The molecule has 0 saturated carbocycles. The Morgan fingerprint density at radius 2 is 1.75 bits per heavy atom. The second-order valence-corrected chi connectivity index (χ2v) is 9.65. The summed E-state index contributed by atoms with van der Waals surface area (Å²) in [6.07, 6.45) is 3.85. The van der Waals surface area contributed by atoms with E-state index in [0.29, 0.717) is 28.3 Å². The highest BCUT2D eigenvalue weighted by Crippen LogP contribution is 2.58. The van der Waals surface area contributed by atoms with E-state index in [-0.39, 0.29) is 10.8 Å². The Kier molecular flexibility index (Phi) is 6.10. The summed E-state index contributed by atoms with van der Waals surface area (Å²) in [6, 6.07) is 16.8. The predicted octanol–water partition coefficient (Wildman–Crippen LogP) is 6.39. The van der Waals surface area contributed by atoms with Gasteiger partial charge in [0.15, 0.2) is 0 Å². The number of allylic oxidation sites excluding steroid dienone is 3. The SMILES string of the molecule is C=CC1=CC[C@H]2C(=O)N(Nc3ccc(F)cc3)C(=O)[C@@]2(c2ccc(Cl)cc2)[C@H]1c1ccc(O)cc1Cl. The van der Waals surface area contributed by atoms with E-state index in [0.717, 1.165) is 10.6 Å². The molecule has 0 radical (unpaired) electrons. The minimum atomic E-state index is -1.38. The Balaban J connectivity index is 1.74. The molecule has 36 heavy (non-hydrogen) atoms. The maximum absolute atomic E-state index is 14.4. The molecule has 1 saturated heterocycles. The summed E-state index contributed by atoms with van der Waals surface area (Å²) in [5, 5.41) is 11.7. The van der Waals surface area contributed by atoms with Crippen molar-refractivity contribution >= 4 is 40.7 Å². The van der Waals surface area contributed by atoms with E-state index < -0.39 is 34.9 Å². The summed E-state index contributed by atoms with van der Waals surface area (Å²) in [4.78, 5) is 28.2. The summed E-state index contributed by atoms with van der Waals surface area (Å²) < 4.78 is 13.5. The molecule has 0 spiro atoms. The number of nitrogens with zero attached hydrogens (tertiary/aromatic N) is 1. The molecule has 1 heterocycles. The third-order valence-electron chi connectivity index (χ3n) is 6.94. The maximum atomic E-state index is 14.4. The molecule has 1 aliphatic heterocycles. The largest absolute Gasteiger partial charge is 0.508 e. The van der Waals surface area contributed by atoms with Gasteiger partial charge in [-0.1, -0.05) is 60.1 Å². The second kappa shape index (κ2) is 9.12. The molecule has 2 amide bonds. The zero-order chi connectivity index (χ0) is 25.6. The predicted molar refractivity (Wildman–Crippen MR) is 137 cm³/mol. The van der Waals surface area contributed by atoms with E-state index in [4.69, 9.17) is 23.2 Å². The Bertz CT molecular complexity index is 1410. The molecule has 1 aliphatic carbocycles. The first-order valence-electron chi connectivity index (χ1n) is 11.2. The number of hydrazine groups is 1. The number of carbonyl (C=O) groups is 2. The van der Waals surface area contributed by atoms with Crippen molar-refractivity contribution in [2.24, 2.45) is 5.92 Å². The molecule has 5 rings (SSSR count). The number of imide groups is 1. The number of benzene rings is 3. The van der Waals surface area contributed by atoms with E-state index >= 15 is 0 Å². The third kappa shape index (κ3) is 3.69. The van der Waals surface area contributed by atoms with Gasteiger partial charge in [0, 0.05) is 16.0 Å². The fraction of sp³-hybridized carbons (Fsp3) is 0.143. The van der Waals surface area contributed by atoms with Crippen molar-refractivity contribution in [3.63, 3.8) is 0 Å². The van der Waals surface area contributed by atoms with Crippen LogP contribution in [-0.4, -0.2) is 21.9 Å². The number of amides is 2. The van der Waals surface area contributed by atoms with Crippen molar-refractivity contribution in [2.45, 2.75) is 17.8 Å². The number of carbonyl (C=O) groups excluding carboxylic acids is 2. The highest BCUT2D eigenvalue weighted by atomic mass is 35.5. The number of phenols is 1. The van der Waals surface area contributed by atoms with Crippen molar-refractivity contribution in [3.8, 4) is 5.75 Å². The molecular formula is C28H21Cl2FN2O3. The lowest BCUT2D eigenvalue weighted by atomic mass is 9.56. The van der Waals surface area contributed by atoms with Crippen LogP contribution < -0.4 is 5.43 Å². The zero-order valence-corrected chi connectivity index (χ0v) is 20.4. The standard InChI is InChI=1S/C28H21Cl2FN2O3/c1-2-16-3-14-23-26(35)33(32-20-10-8-19(31)9-11-20)27(36)28(23,17-4-6-18(29)7-5-17)25(16)22-13-12-21(34)15-24(22)30/h2-13,15,23,25,32,34H,1,14H2/t23-,25+,28+/m0/s1. The topological polar surface area (TPSA) is 69.6 Å². The van der Waals surface area contributed by atoms with Gasteiger partial charge in [-0.3, -0.25) is 15.0 Å². The van der Waals surface area contributed by atoms with E-state index in [1.807, 2.05) is 6.08 Å². The van der Waals surface area contributed by atoms with E-state index in [2.05, 4.69) is 12.0 Å². The van der Waals surface area contributed by atoms with Crippen LogP contribution in [0.25, 0.3) is 0 Å². The fourth-order valence-electron chi connectivity index (χ4n) is 5.38. The van der Waals surface area contributed by atoms with Gasteiger partial charge in [0.1, 0.15) is 11.6 Å². The fourth-order valence-corrected chi connectivity index (χ4v) is 5.79. The average molecular weight is 523 g/mol. The Morgan fingerprint density at radius 1 is 1.06 bits per heavy atom. The molecule has 3 atom stereocenters. The van der Waals surface area contributed by atoms with Crippen molar-refractivity contribution in [3.05, 3.63) is 118 Å². The van der Waals surface area contributed by atoms with Gasteiger partial charge in [-0.05, 0) is 71.7 Å². The van der Waals surface area contributed by atoms with Crippen LogP contribution in [0.5, 0.6) is 5.75 Å². The van der Waals surface area contributed by atoms with E-state index in [1.165, 1.54) is 36.4 Å². The molecular weight excluding hydrogens is 502 g/mol. The van der Waals surface area contributed by atoms with E-state index in [9.17, 15) is 19.1 Å². The number of hydrogen-bond donors (Lipinski definition) is 2. The van der Waals surface area contributed by atoms with Gasteiger partial charge >= 0.3 is 0 Å². The van der Waals surface area contributed by atoms with Crippen LogP contribution in [0.4, 0.5) is 10.1 Å². The van der Waals surface area contributed by atoms with Gasteiger partial charge in [0.05, 0.1) is 17.0 Å². The maximum Gasteiger partial charge on any atom is 0.260 e. The normalized spacial score (nSPS) is 23.3. The molecule has 182 valence electrons. The first kappa shape index (κ1) is 24.1. The Morgan fingerprint density at radius 3 is 2.39 bits per heavy atom. The zero-order valence-electron chi connectivity index (χ0n) is 18.9. The minimum Gasteiger partial charge on any atom is -0.508 e. The highest BCUT2D eigenvalue weighted by molar-refractivity contribution is 6.32.